The summed E-state index contributed by atoms with van der Waals surface area (Å²) in [6, 6.07) is 8.88. The van der Waals surface area contributed by atoms with Gasteiger partial charge in [0.1, 0.15) is 0 Å². The highest BCUT2D eigenvalue weighted by molar-refractivity contribution is 5.48. The van der Waals surface area contributed by atoms with Crippen LogP contribution in [0.15, 0.2) is 24.3 Å². The third-order valence-corrected chi connectivity index (χ3v) is 3.38. The van der Waals surface area contributed by atoms with Crippen molar-refractivity contribution in [2.75, 3.05) is 24.6 Å². The third-order valence-electron chi connectivity index (χ3n) is 3.38. The molecule has 1 N–H and O–H groups in total. The van der Waals surface area contributed by atoms with Crippen LogP contribution in [0.5, 0.6) is 0 Å². The normalized spacial score (nSPS) is 20.4. The van der Waals surface area contributed by atoms with Crippen molar-refractivity contribution in [3.63, 3.8) is 0 Å². The Morgan fingerprint density at radius 2 is 2.06 bits per heavy atom. The zero-order valence-electron chi connectivity index (χ0n) is 10.0. The van der Waals surface area contributed by atoms with Crippen molar-refractivity contribution in [1.82, 2.24) is 0 Å². The summed E-state index contributed by atoms with van der Waals surface area (Å²) in [5.41, 5.74) is 2.72. The molecule has 0 amide bonds. The van der Waals surface area contributed by atoms with Crippen LogP contribution in [0.3, 0.4) is 0 Å². The molecule has 0 aliphatic carbocycles. The molecule has 88 valence electrons. The fourth-order valence-corrected chi connectivity index (χ4v) is 2.38. The third kappa shape index (κ3) is 2.56. The topological polar surface area (TPSA) is 23.5 Å². The van der Waals surface area contributed by atoms with Crippen LogP contribution in [0.1, 0.15) is 25.3 Å². The average Bonchev–Trinajstić information content (AvgIpc) is 2.79. The lowest BCUT2D eigenvalue weighted by molar-refractivity contribution is 0.238. The predicted octanol–water partition coefficient (Wildman–Crippen LogP) is 2.46. The van der Waals surface area contributed by atoms with Gasteiger partial charge < -0.3 is 10.0 Å². The fourth-order valence-electron chi connectivity index (χ4n) is 2.38. The van der Waals surface area contributed by atoms with Crippen LogP contribution in [0, 0.1) is 5.92 Å². The highest BCUT2D eigenvalue weighted by Crippen LogP contribution is 2.23. The Labute approximate surface area is 97.9 Å². The van der Waals surface area contributed by atoms with Gasteiger partial charge in [-0.25, -0.2) is 0 Å². The van der Waals surface area contributed by atoms with Gasteiger partial charge in [0.25, 0.3) is 0 Å². The molecule has 1 atom stereocenters. The summed E-state index contributed by atoms with van der Waals surface area (Å²) in [4.78, 5) is 2.37. The summed E-state index contributed by atoms with van der Waals surface area (Å²) in [5, 5.41) is 9.12. The van der Waals surface area contributed by atoms with Gasteiger partial charge in [0, 0.05) is 31.3 Å². The van der Waals surface area contributed by atoms with Gasteiger partial charge in [-0.15, -0.1) is 0 Å². The van der Waals surface area contributed by atoms with Crippen LogP contribution in [-0.4, -0.2) is 24.8 Å². The van der Waals surface area contributed by atoms with Crippen LogP contribution in [0.2, 0.25) is 0 Å². The Bertz CT molecular complexity index is 320. The highest BCUT2D eigenvalue weighted by atomic mass is 16.3. The van der Waals surface area contributed by atoms with E-state index < -0.39 is 0 Å². The first-order valence-electron chi connectivity index (χ1n) is 6.28. The summed E-state index contributed by atoms with van der Waals surface area (Å²) in [6.07, 6.45) is 3.49. The second-order valence-electron chi connectivity index (χ2n) is 4.70. The number of benzene rings is 1. The molecule has 0 radical (unpaired) electrons. The minimum Gasteiger partial charge on any atom is -0.396 e. The SMILES string of the molecule is CCCc1ccc(N2CCC(CO)C2)cc1. The minimum absolute atomic E-state index is 0.324. The maximum Gasteiger partial charge on any atom is 0.0476 e. The smallest absolute Gasteiger partial charge is 0.0476 e. The van der Waals surface area contributed by atoms with Gasteiger partial charge in [-0.05, 0) is 30.5 Å². The molecular weight excluding hydrogens is 198 g/mol. The largest absolute Gasteiger partial charge is 0.396 e. The standard InChI is InChI=1S/C14H21NO/c1-2-3-12-4-6-14(7-5-12)15-9-8-13(10-15)11-16/h4-7,13,16H,2-3,8-11H2,1H3. The number of hydrogen-bond donors (Lipinski definition) is 1. The molecule has 1 saturated heterocycles. The van der Waals surface area contributed by atoms with E-state index in [9.17, 15) is 0 Å². The van der Waals surface area contributed by atoms with Crippen molar-refractivity contribution in [3.05, 3.63) is 29.8 Å². The van der Waals surface area contributed by atoms with Crippen molar-refractivity contribution in [1.29, 1.82) is 0 Å². The van der Waals surface area contributed by atoms with Gasteiger partial charge in [-0.1, -0.05) is 25.5 Å². The van der Waals surface area contributed by atoms with Gasteiger partial charge in [0.05, 0.1) is 0 Å². The summed E-state index contributed by atoms with van der Waals surface area (Å²) in [5.74, 6) is 0.468. The first-order valence-corrected chi connectivity index (χ1v) is 6.28. The Hall–Kier alpha value is -1.02. The molecule has 0 bridgehead atoms. The van der Waals surface area contributed by atoms with Crippen LogP contribution >= 0.6 is 0 Å². The molecule has 1 heterocycles. The molecule has 1 unspecified atom stereocenters. The second-order valence-corrected chi connectivity index (χ2v) is 4.70. The Morgan fingerprint density at radius 1 is 1.31 bits per heavy atom. The zero-order chi connectivity index (χ0) is 11.4. The van der Waals surface area contributed by atoms with Gasteiger partial charge in [-0.3, -0.25) is 0 Å². The highest BCUT2D eigenvalue weighted by Gasteiger charge is 2.21. The number of rotatable bonds is 4. The number of hydrogen-bond acceptors (Lipinski definition) is 2. The monoisotopic (exact) mass is 219 g/mol. The van der Waals surface area contributed by atoms with E-state index in [-0.39, 0.29) is 0 Å². The molecule has 2 rings (SSSR count). The van der Waals surface area contributed by atoms with Crippen molar-refractivity contribution in [3.8, 4) is 0 Å². The summed E-state index contributed by atoms with van der Waals surface area (Å²) in [6.45, 7) is 4.62. The number of aliphatic hydroxyl groups excluding tert-OH is 1. The molecule has 2 heteroatoms. The van der Waals surface area contributed by atoms with Crippen molar-refractivity contribution in [2.45, 2.75) is 26.2 Å². The maximum absolute atomic E-state index is 9.12. The van der Waals surface area contributed by atoms with Crippen LogP contribution < -0.4 is 4.90 Å². The maximum atomic E-state index is 9.12. The lowest BCUT2D eigenvalue weighted by atomic mass is 10.1. The Kier molecular flexibility index (Phi) is 3.83. The average molecular weight is 219 g/mol. The lowest BCUT2D eigenvalue weighted by Gasteiger charge is -2.18. The minimum atomic E-state index is 0.324. The molecule has 0 saturated carbocycles. The Morgan fingerprint density at radius 3 is 2.62 bits per heavy atom. The lowest BCUT2D eigenvalue weighted by Crippen LogP contribution is -2.20. The Balaban J connectivity index is 1.99. The van der Waals surface area contributed by atoms with Crippen LogP contribution in [-0.2, 0) is 6.42 Å². The fraction of sp³-hybridized carbons (Fsp3) is 0.571. The van der Waals surface area contributed by atoms with Crippen molar-refractivity contribution in [2.24, 2.45) is 5.92 Å². The van der Waals surface area contributed by atoms with Crippen molar-refractivity contribution >= 4 is 5.69 Å². The van der Waals surface area contributed by atoms with Crippen LogP contribution in [0.25, 0.3) is 0 Å². The number of nitrogens with zero attached hydrogens (tertiary/aromatic N) is 1. The van der Waals surface area contributed by atoms with Crippen LogP contribution in [0.4, 0.5) is 5.69 Å². The van der Waals surface area contributed by atoms with Gasteiger partial charge >= 0.3 is 0 Å². The predicted molar refractivity (Wildman–Crippen MR) is 67.8 cm³/mol. The molecular formula is C14H21NO. The molecule has 1 aliphatic heterocycles. The van der Waals surface area contributed by atoms with E-state index in [0.717, 1.165) is 19.5 Å². The van der Waals surface area contributed by atoms with E-state index in [1.165, 1.54) is 24.1 Å². The molecule has 2 nitrogen and oxygen atoms in total. The van der Waals surface area contributed by atoms with E-state index in [2.05, 4.69) is 36.1 Å². The first kappa shape index (κ1) is 11.5. The molecule has 0 aromatic heterocycles. The first-order chi connectivity index (χ1) is 7.83. The van der Waals surface area contributed by atoms with Gasteiger partial charge in [-0.2, -0.15) is 0 Å². The van der Waals surface area contributed by atoms with E-state index in [4.69, 9.17) is 5.11 Å². The van der Waals surface area contributed by atoms with E-state index in [1.807, 2.05) is 0 Å². The van der Waals surface area contributed by atoms with Gasteiger partial charge in [0.2, 0.25) is 0 Å². The van der Waals surface area contributed by atoms with E-state index >= 15 is 0 Å². The zero-order valence-corrected chi connectivity index (χ0v) is 10.0. The van der Waals surface area contributed by atoms with E-state index in [0.29, 0.717) is 12.5 Å². The number of aryl methyl sites for hydroxylation is 1. The molecule has 1 aliphatic rings. The molecule has 0 spiro atoms. The summed E-state index contributed by atoms with van der Waals surface area (Å²) >= 11 is 0. The molecule has 1 aromatic carbocycles. The van der Waals surface area contributed by atoms with Crippen molar-refractivity contribution < 1.29 is 5.11 Å². The second kappa shape index (κ2) is 5.35. The molecule has 16 heavy (non-hydrogen) atoms. The molecule has 1 fully saturated rings. The van der Waals surface area contributed by atoms with E-state index in [1.54, 1.807) is 0 Å². The summed E-state index contributed by atoms with van der Waals surface area (Å²) in [7, 11) is 0. The summed E-state index contributed by atoms with van der Waals surface area (Å²) < 4.78 is 0. The number of anilines is 1. The molecule has 1 aromatic rings. The number of aliphatic hydroxyl groups is 1. The van der Waals surface area contributed by atoms with Gasteiger partial charge in [0.15, 0.2) is 0 Å². The quantitative estimate of drug-likeness (QED) is 0.841.